The third kappa shape index (κ3) is 3.62. The van der Waals surface area contributed by atoms with E-state index in [2.05, 4.69) is 26.1 Å². The van der Waals surface area contributed by atoms with Crippen LogP contribution in [0.15, 0.2) is 58.4 Å². The Morgan fingerprint density at radius 1 is 1.11 bits per heavy atom. The number of H-pyrrole nitrogens is 1. The maximum absolute atomic E-state index is 11.7. The molecule has 0 unspecified atom stereocenters. The lowest BCUT2D eigenvalue weighted by molar-refractivity contribution is -0.378. The lowest BCUT2D eigenvalue weighted by Gasteiger charge is -2.00. The second-order valence-electron chi connectivity index (χ2n) is 3.65. The van der Waals surface area contributed by atoms with Crippen LogP contribution in [0.4, 0.5) is 0 Å². The molecule has 1 aromatic heterocycles. The Morgan fingerprint density at radius 3 is 2.37 bits per heavy atom. The van der Waals surface area contributed by atoms with Crippen molar-refractivity contribution >= 4 is 27.7 Å². The summed E-state index contributed by atoms with van der Waals surface area (Å²) in [6, 6.07) is 10.2. The van der Waals surface area contributed by atoms with E-state index in [1.54, 1.807) is 48.8 Å². The number of aromatic nitrogens is 1. The van der Waals surface area contributed by atoms with Crippen LogP contribution in [-0.2, 0) is 4.84 Å². The second-order valence-corrected chi connectivity index (χ2v) is 4.57. The summed E-state index contributed by atoms with van der Waals surface area (Å²) in [7, 11) is 0. The molecule has 2 aromatic rings. The van der Waals surface area contributed by atoms with Crippen molar-refractivity contribution in [2.45, 2.75) is 0 Å². The molecule has 0 bridgehead atoms. The lowest BCUT2D eigenvalue weighted by atomic mass is 10.2. The Hall–Kier alpha value is -2.21. The Kier molecular flexibility index (Phi) is 4.25. The number of carbonyl (C=O) groups excluding carboxylic acids is 1. The number of nitrogens with zero attached hydrogens (tertiary/aromatic N) is 1. The van der Waals surface area contributed by atoms with Gasteiger partial charge in [-0.3, -0.25) is 0 Å². The van der Waals surface area contributed by atoms with Gasteiger partial charge in [-0.1, -0.05) is 21.1 Å². The molecular formula is C13H11BrN3O2+. The lowest BCUT2D eigenvalue weighted by Crippen LogP contribution is -2.16. The highest BCUT2D eigenvalue weighted by atomic mass is 79.9. The number of aromatic amines is 1. The number of rotatable bonds is 3. The van der Waals surface area contributed by atoms with Gasteiger partial charge in [0.1, 0.15) is 0 Å². The van der Waals surface area contributed by atoms with Gasteiger partial charge in [0.05, 0.1) is 5.56 Å². The molecule has 96 valence electrons. The van der Waals surface area contributed by atoms with Crippen molar-refractivity contribution in [3.8, 4) is 0 Å². The number of benzene rings is 1. The monoisotopic (exact) mass is 320 g/mol. The zero-order valence-corrected chi connectivity index (χ0v) is 11.4. The van der Waals surface area contributed by atoms with Crippen molar-refractivity contribution in [1.82, 2.24) is 0 Å². The summed E-state index contributed by atoms with van der Waals surface area (Å²) in [6.07, 6.45) is 3.41. The van der Waals surface area contributed by atoms with Crippen molar-refractivity contribution < 1.29 is 14.6 Å². The highest BCUT2D eigenvalue weighted by molar-refractivity contribution is 9.10. The first-order valence-corrected chi connectivity index (χ1v) is 6.23. The fourth-order valence-electron chi connectivity index (χ4n) is 1.34. The van der Waals surface area contributed by atoms with E-state index in [0.29, 0.717) is 11.1 Å². The molecule has 6 heteroatoms. The van der Waals surface area contributed by atoms with E-state index in [-0.39, 0.29) is 5.84 Å². The fourth-order valence-corrected chi connectivity index (χ4v) is 1.60. The van der Waals surface area contributed by atoms with Gasteiger partial charge in [-0.15, -0.1) is 0 Å². The number of carbonyl (C=O) groups is 1. The van der Waals surface area contributed by atoms with Gasteiger partial charge >= 0.3 is 5.97 Å². The van der Waals surface area contributed by atoms with Crippen LogP contribution in [0.3, 0.4) is 0 Å². The van der Waals surface area contributed by atoms with Crippen LogP contribution in [0.25, 0.3) is 0 Å². The Labute approximate surface area is 118 Å². The van der Waals surface area contributed by atoms with Crippen LogP contribution < -0.4 is 10.7 Å². The number of nitrogens with two attached hydrogens (primary N) is 1. The summed E-state index contributed by atoms with van der Waals surface area (Å²) >= 11 is 3.28. The molecule has 0 aliphatic heterocycles. The number of oxime groups is 1. The zero-order chi connectivity index (χ0) is 13.7. The molecule has 1 heterocycles. The minimum Gasteiger partial charge on any atom is -0.380 e. The Balaban J connectivity index is 2.06. The second kappa shape index (κ2) is 6.10. The van der Waals surface area contributed by atoms with Crippen LogP contribution in [0.5, 0.6) is 0 Å². The summed E-state index contributed by atoms with van der Waals surface area (Å²) in [6.45, 7) is 0. The van der Waals surface area contributed by atoms with Crippen LogP contribution >= 0.6 is 15.9 Å². The third-order valence-electron chi connectivity index (χ3n) is 2.32. The van der Waals surface area contributed by atoms with Gasteiger partial charge in [-0.05, 0) is 24.3 Å². The summed E-state index contributed by atoms with van der Waals surface area (Å²) in [5.74, 6) is -0.419. The number of pyridine rings is 1. The first-order valence-electron chi connectivity index (χ1n) is 5.43. The predicted octanol–water partition coefficient (Wildman–Crippen LogP) is 1.74. The smallest absolute Gasteiger partial charge is 0.365 e. The first kappa shape index (κ1) is 13.2. The molecule has 0 atom stereocenters. The van der Waals surface area contributed by atoms with Gasteiger partial charge < -0.3 is 10.6 Å². The molecule has 0 saturated heterocycles. The Morgan fingerprint density at radius 2 is 1.74 bits per heavy atom. The van der Waals surface area contributed by atoms with Gasteiger partial charge in [-0.25, -0.2) is 9.78 Å². The molecule has 0 aliphatic carbocycles. The molecule has 19 heavy (non-hydrogen) atoms. The van der Waals surface area contributed by atoms with Crippen LogP contribution in [-0.4, -0.2) is 11.8 Å². The van der Waals surface area contributed by atoms with Crippen LogP contribution in [0.1, 0.15) is 15.9 Å². The Bertz CT molecular complexity index is 597. The predicted molar refractivity (Wildman–Crippen MR) is 73.3 cm³/mol. The minimum absolute atomic E-state index is 0.138. The maximum atomic E-state index is 11.7. The molecule has 0 radical (unpaired) electrons. The largest absolute Gasteiger partial charge is 0.380 e. The fraction of sp³-hybridized carbons (Fsp3) is 0. The zero-order valence-electron chi connectivity index (χ0n) is 9.84. The minimum atomic E-state index is -0.557. The van der Waals surface area contributed by atoms with Gasteiger partial charge in [0.25, 0.3) is 0 Å². The standard InChI is InChI=1S/C13H10BrN3O2/c14-11-3-1-10(2-4-11)13(18)19-17-12(15)9-5-7-16-8-6-9/h1-8H,(H2,15,17)/p+1. The average Bonchev–Trinajstić information content (AvgIpc) is 2.46. The molecule has 0 aliphatic rings. The maximum Gasteiger partial charge on any atom is 0.365 e. The van der Waals surface area contributed by atoms with Gasteiger partial charge in [-0.2, -0.15) is 0 Å². The molecule has 0 fully saturated rings. The van der Waals surface area contributed by atoms with E-state index in [4.69, 9.17) is 10.6 Å². The van der Waals surface area contributed by atoms with E-state index in [9.17, 15) is 4.79 Å². The van der Waals surface area contributed by atoms with E-state index in [0.717, 1.165) is 4.47 Å². The van der Waals surface area contributed by atoms with E-state index >= 15 is 0 Å². The third-order valence-corrected chi connectivity index (χ3v) is 2.85. The number of nitrogens with one attached hydrogen (secondary N) is 1. The highest BCUT2D eigenvalue weighted by Gasteiger charge is 2.07. The highest BCUT2D eigenvalue weighted by Crippen LogP contribution is 2.11. The van der Waals surface area contributed by atoms with Crippen molar-refractivity contribution in [1.29, 1.82) is 0 Å². The van der Waals surface area contributed by atoms with Gasteiger partial charge in [0.15, 0.2) is 18.2 Å². The van der Waals surface area contributed by atoms with Crippen LogP contribution in [0.2, 0.25) is 0 Å². The molecule has 5 nitrogen and oxygen atoms in total. The normalized spacial score (nSPS) is 11.1. The van der Waals surface area contributed by atoms with Crippen molar-refractivity contribution in [3.05, 3.63) is 64.4 Å². The molecule has 0 saturated carbocycles. The molecule has 1 aromatic carbocycles. The van der Waals surface area contributed by atoms with E-state index < -0.39 is 5.97 Å². The first-order chi connectivity index (χ1) is 9.16. The van der Waals surface area contributed by atoms with Crippen LogP contribution in [0, 0.1) is 0 Å². The summed E-state index contributed by atoms with van der Waals surface area (Å²) < 4.78 is 0.882. The number of halogens is 1. The molecule has 2 rings (SSSR count). The summed E-state index contributed by atoms with van der Waals surface area (Å²) in [4.78, 5) is 19.3. The van der Waals surface area contributed by atoms with Crippen molar-refractivity contribution in [2.75, 3.05) is 0 Å². The average molecular weight is 321 g/mol. The van der Waals surface area contributed by atoms with Crippen molar-refractivity contribution in [3.63, 3.8) is 0 Å². The van der Waals surface area contributed by atoms with E-state index in [1.807, 2.05) is 0 Å². The van der Waals surface area contributed by atoms with E-state index in [1.165, 1.54) is 0 Å². The SMILES string of the molecule is NC(=NOC(=O)c1ccc(Br)cc1)c1cc[nH+]cc1. The molecule has 0 spiro atoms. The number of hydrogen-bond donors (Lipinski definition) is 1. The molecule has 0 amide bonds. The quantitative estimate of drug-likeness (QED) is 0.405. The molecule has 3 N–H and O–H groups in total. The molecular weight excluding hydrogens is 310 g/mol. The topological polar surface area (TPSA) is 78.8 Å². The summed E-state index contributed by atoms with van der Waals surface area (Å²) in [5.41, 5.74) is 6.77. The van der Waals surface area contributed by atoms with Gasteiger partial charge in [0.2, 0.25) is 0 Å². The summed E-state index contributed by atoms with van der Waals surface area (Å²) in [5, 5.41) is 3.61. The van der Waals surface area contributed by atoms with Gasteiger partial charge in [0, 0.05) is 22.2 Å². The number of amidine groups is 1. The number of hydrogen-bond acceptors (Lipinski definition) is 3. The van der Waals surface area contributed by atoms with Crippen molar-refractivity contribution in [2.24, 2.45) is 10.9 Å².